The highest BCUT2D eigenvalue weighted by Gasteiger charge is 2.25. The first-order valence-corrected chi connectivity index (χ1v) is 5.62. The minimum absolute atomic E-state index is 0.540. The average Bonchev–Trinajstić information content (AvgIpc) is 2.93. The first kappa shape index (κ1) is 10.2. The zero-order valence-electron chi connectivity index (χ0n) is 9.35. The van der Waals surface area contributed by atoms with Crippen molar-refractivity contribution >= 4 is 5.82 Å². The molecule has 0 amide bonds. The number of nitrogens with one attached hydrogen (secondary N) is 2. The lowest BCUT2D eigenvalue weighted by atomic mass is 10.2. The highest BCUT2D eigenvalue weighted by atomic mass is 15.4. The van der Waals surface area contributed by atoms with Crippen LogP contribution in [0.4, 0.5) is 5.82 Å². The van der Waals surface area contributed by atoms with Crippen molar-refractivity contribution < 1.29 is 4.68 Å². The van der Waals surface area contributed by atoms with Crippen molar-refractivity contribution in [1.29, 1.82) is 0 Å². The first-order valence-electron chi connectivity index (χ1n) is 5.62. The summed E-state index contributed by atoms with van der Waals surface area (Å²) in [5, 5.41) is 14.7. The van der Waals surface area contributed by atoms with Gasteiger partial charge in [0.05, 0.1) is 12.4 Å². The van der Waals surface area contributed by atoms with Gasteiger partial charge in [0.2, 0.25) is 0 Å². The molecule has 17 heavy (non-hydrogen) atoms. The summed E-state index contributed by atoms with van der Waals surface area (Å²) in [5.41, 5.74) is 7.21. The third-order valence-corrected chi connectivity index (χ3v) is 2.77. The molecule has 3 rings (SSSR count). The van der Waals surface area contributed by atoms with Crippen LogP contribution in [0.25, 0.3) is 11.3 Å². The highest BCUT2D eigenvalue weighted by molar-refractivity contribution is 5.69. The lowest BCUT2D eigenvalue weighted by Crippen LogP contribution is -2.32. The monoisotopic (exact) mass is 232 g/mol. The molecule has 88 valence electrons. The van der Waals surface area contributed by atoms with E-state index in [1.807, 2.05) is 10.9 Å². The van der Waals surface area contributed by atoms with E-state index in [0.29, 0.717) is 18.8 Å². The second-order valence-corrected chi connectivity index (χ2v) is 3.91. The van der Waals surface area contributed by atoms with Crippen LogP contribution in [0.1, 0.15) is 5.82 Å². The number of anilines is 1. The van der Waals surface area contributed by atoms with Gasteiger partial charge in [-0.15, -0.1) is 10.2 Å². The largest absolute Gasteiger partial charge is 0.330 e. The van der Waals surface area contributed by atoms with Gasteiger partial charge < -0.3 is 5.73 Å². The Morgan fingerprint density at radius 2 is 2.35 bits per heavy atom. The summed E-state index contributed by atoms with van der Waals surface area (Å²) in [6, 6.07) is 0. The van der Waals surface area contributed by atoms with Gasteiger partial charge in [-0.3, -0.25) is 5.32 Å². The van der Waals surface area contributed by atoms with Crippen molar-refractivity contribution in [3.8, 4) is 11.3 Å². The van der Waals surface area contributed by atoms with Crippen LogP contribution in [-0.2, 0) is 13.0 Å². The normalized spacial score (nSPS) is 13.5. The average molecular weight is 232 g/mol. The van der Waals surface area contributed by atoms with E-state index in [9.17, 15) is 0 Å². The molecule has 1 aliphatic heterocycles. The van der Waals surface area contributed by atoms with Crippen molar-refractivity contribution in [3.63, 3.8) is 0 Å². The van der Waals surface area contributed by atoms with Crippen molar-refractivity contribution in [1.82, 2.24) is 20.3 Å². The Labute approximate surface area is 98.1 Å². The van der Waals surface area contributed by atoms with Gasteiger partial charge in [0.1, 0.15) is 24.3 Å². The SMILES string of the molecule is NCCc1ncc(-c2c[nH][n+]3c2NCC3)nn1. The molecule has 3 heterocycles. The minimum atomic E-state index is 0.540. The summed E-state index contributed by atoms with van der Waals surface area (Å²) >= 11 is 0. The zero-order valence-corrected chi connectivity index (χ0v) is 9.35. The Balaban J connectivity index is 1.93. The Bertz CT molecular complexity index is 516. The molecule has 0 aliphatic carbocycles. The molecule has 0 aromatic carbocycles. The van der Waals surface area contributed by atoms with E-state index < -0.39 is 0 Å². The minimum Gasteiger partial charge on any atom is -0.330 e. The number of nitrogens with two attached hydrogens (primary N) is 1. The van der Waals surface area contributed by atoms with E-state index in [-0.39, 0.29) is 0 Å². The first-order chi connectivity index (χ1) is 8.38. The van der Waals surface area contributed by atoms with Crippen LogP contribution in [0.5, 0.6) is 0 Å². The Morgan fingerprint density at radius 1 is 1.41 bits per heavy atom. The summed E-state index contributed by atoms with van der Waals surface area (Å²) in [5.74, 6) is 1.73. The Kier molecular flexibility index (Phi) is 2.45. The predicted octanol–water partition coefficient (Wildman–Crippen LogP) is -0.919. The van der Waals surface area contributed by atoms with Gasteiger partial charge in [0.25, 0.3) is 0 Å². The number of hydrogen-bond donors (Lipinski definition) is 3. The molecule has 4 N–H and O–H groups in total. The van der Waals surface area contributed by atoms with Gasteiger partial charge in [0.15, 0.2) is 5.82 Å². The predicted molar refractivity (Wildman–Crippen MR) is 61.1 cm³/mol. The quantitative estimate of drug-likeness (QED) is 0.595. The molecular weight excluding hydrogens is 218 g/mol. The van der Waals surface area contributed by atoms with Crippen molar-refractivity contribution in [2.24, 2.45) is 5.73 Å². The van der Waals surface area contributed by atoms with Crippen LogP contribution < -0.4 is 15.7 Å². The molecule has 2 aromatic heterocycles. The van der Waals surface area contributed by atoms with Crippen molar-refractivity contribution in [2.45, 2.75) is 13.0 Å². The molecule has 0 unspecified atom stereocenters. The number of hydrogen-bond acceptors (Lipinski definition) is 5. The molecule has 0 saturated carbocycles. The molecule has 0 atom stereocenters. The van der Waals surface area contributed by atoms with Crippen molar-refractivity contribution in [2.75, 3.05) is 18.4 Å². The summed E-state index contributed by atoms with van der Waals surface area (Å²) in [6.45, 7) is 2.42. The second-order valence-electron chi connectivity index (χ2n) is 3.91. The molecule has 0 saturated heterocycles. The topological polar surface area (TPSA) is 96.4 Å². The molecule has 7 nitrogen and oxygen atoms in total. The van der Waals surface area contributed by atoms with E-state index in [4.69, 9.17) is 5.73 Å². The molecule has 0 fully saturated rings. The standard InChI is InChI=1S/C10H13N7/c11-2-1-9-13-6-8(15-16-9)7-5-14-17-4-3-12-10(7)17/h5-6H,1-4,11H2,(H,12,14,15)/p+1. The number of rotatable bonds is 3. The van der Waals surface area contributed by atoms with Gasteiger partial charge >= 0.3 is 5.82 Å². The maximum Gasteiger partial charge on any atom is 0.304 e. The maximum absolute atomic E-state index is 5.44. The van der Waals surface area contributed by atoms with Gasteiger partial charge in [-0.1, -0.05) is 0 Å². The van der Waals surface area contributed by atoms with E-state index in [2.05, 4.69) is 25.6 Å². The molecule has 1 aliphatic rings. The molecule has 7 heteroatoms. The van der Waals surface area contributed by atoms with Crippen molar-refractivity contribution in [3.05, 3.63) is 18.2 Å². The van der Waals surface area contributed by atoms with Crippen LogP contribution in [0, 0.1) is 0 Å². The Hall–Kier alpha value is -2.02. The molecule has 2 aromatic rings. The number of nitrogens with zero attached hydrogens (tertiary/aromatic N) is 4. The molecule has 0 spiro atoms. The summed E-state index contributed by atoms with van der Waals surface area (Å²) in [4.78, 5) is 4.25. The molecular formula is C10H14N7+. The van der Waals surface area contributed by atoms with Crippen LogP contribution in [0.2, 0.25) is 0 Å². The number of H-pyrrole nitrogens is 1. The van der Waals surface area contributed by atoms with Crippen LogP contribution in [-0.4, -0.2) is 33.4 Å². The lowest BCUT2D eigenvalue weighted by molar-refractivity contribution is -0.725. The third-order valence-electron chi connectivity index (χ3n) is 2.77. The second kappa shape index (κ2) is 4.10. The van der Waals surface area contributed by atoms with E-state index >= 15 is 0 Å². The third kappa shape index (κ3) is 1.74. The molecule has 0 bridgehead atoms. The van der Waals surface area contributed by atoms with Crippen LogP contribution in [0.3, 0.4) is 0 Å². The number of fused-ring (bicyclic) bond motifs is 1. The number of aromatic amines is 1. The summed E-state index contributed by atoms with van der Waals surface area (Å²) in [6.07, 6.45) is 4.31. The highest BCUT2D eigenvalue weighted by Crippen LogP contribution is 2.23. The van der Waals surface area contributed by atoms with Gasteiger partial charge in [-0.05, 0) is 6.54 Å². The van der Waals surface area contributed by atoms with E-state index in [0.717, 1.165) is 30.2 Å². The van der Waals surface area contributed by atoms with Gasteiger partial charge in [-0.25, -0.2) is 10.1 Å². The van der Waals surface area contributed by atoms with Crippen LogP contribution >= 0.6 is 0 Å². The van der Waals surface area contributed by atoms with Crippen LogP contribution in [0.15, 0.2) is 12.4 Å². The fourth-order valence-electron chi connectivity index (χ4n) is 1.94. The zero-order chi connectivity index (χ0) is 11.7. The lowest BCUT2D eigenvalue weighted by Gasteiger charge is -1.97. The maximum atomic E-state index is 5.44. The van der Waals surface area contributed by atoms with E-state index in [1.165, 1.54) is 0 Å². The summed E-state index contributed by atoms with van der Waals surface area (Å²) in [7, 11) is 0. The fraction of sp³-hybridized carbons (Fsp3) is 0.400. The summed E-state index contributed by atoms with van der Waals surface area (Å²) < 4.78 is 2.05. The smallest absolute Gasteiger partial charge is 0.304 e. The van der Waals surface area contributed by atoms with Gasteiger partial charge in [-0.2, -0.15) is 4.68 Å². The van der Waals surface area contributed by atoms with E-state index in [1.54, 1.807) is 6.20 Å². The Morgan fingerprint density at radius 3 is 3.12 bits per heavy atom. The van der Waals surface area contributed by atoms with Gasteiger partial charge in [0, 0.05) is 6.42 Å². The number of aromatic nitrogens is 5. The molecule has 0 radical (unpaired) electrons. The fourth-order valence-corrected chi connectivity index (χ4v) is 1.94.